The van der Waals surface area contributed by atoms with Crippen molar-refractivity contribution in [1.29, 1.82) is 0 Å². The van der Waals surface area contributed by atoms with Gasteiger partial charge in [0.25, 0.3) is 5.91 Å². The van der Waals surface area contributed by atoms with Crippen molar-refractivity contribution >= 4 is 23.0 Å². The number of nitrogens with one attached hydrogen (secondary N) is 2. The van der Waals surface area contributed by atoms with Crippen LogP contribution in [0.2, 0.25) is 0 Å². The molecule has 0 radical (unpaired) electrons. The van der Waals surface area contributed by atoms with Crippen LogP contribution in [0.4, 0.5) is 0 Å². The quantitative estimate of drug-likeness (QED) is 0.629. The SMILES string of the molecule is CNNC(=O)C1=CN(CC(=O)c2cccs2)C=CC1. The first-order valence-electron chi connectivity index (χ1n) is 5.87. The molecule has 0 fully saturated rings. The lowest BCUT2D eigenvalue weighted by Crippen LogP contribution is -2.36. The van der Waals surface area contributed by atoms with Gasteiger partial charge in [0.1, 0.15) is 0 Å². The Hall–Kier alpha value is -1.92. The highest BCUT2D eigenvalue weighted by Gasteiger charge is 2.15. The summed E-state index contributed by atoms with van der Waals surface area (Å²) in [6, 6.07) is 3.66. The Morgan fingerprint density at radius 3 is 3.00 bits per heavy atom. The molecule has 2 rings (SSSR count). The highest BCUT2D eigenvalue weighted by molar-refractivity contribution is 7.12. The summed E-state index contributed by atoms with van der Waals surface area (Å²) < 4.78 is 0. The fourth-order valence-electron chi connectivity index (χ4n) is 1.74. The number of amides is 1. The Kier molecular flexibility index (Phi) is 4.48. The van der Waals surface area contributed by atoms with E-state index in [1.165, 1.54) is 11.3 Å². The standard InChI is InChI=1S/C13H15N3O2S/c1-14-15-13(18)10-4-2-6-16(8-10)9-11(17)12-5-3-7-19-12/h2-3,5-8,14H,4,9H2,1H3,(H,15,18). The van der Waals surface area contributed by atoms with Crippen molar-refractivity contribution in [2.24, 2.45) is 0 Å². The van der Waals surface area contributed by atoms with Crippen LogP contribution in [0.5, 0.6) is 0 Å². The minimum absolute atomic E-state index is 0.0474. The second-order valence-corrected chi connectivity index (χ2v) is 4.97. The van der Waals surface area contributed by atoms with Gasteiger partial charge < -0.3 is 4.90 Å². The second kappa shape index (κ2) is 6.31. The number of Topliss-reactive ketones (excluding diaryl/α,β-unsaturated/α-hetero) is 1. The van der Waals surface area contributed by atoms with E-state index >= 15 is 0 Å². The highest BCUT2D eigenvalue weighted by Crippen LogP contribution is 2.15. The molecule has 0 saturated carbocycles. The number of ketones is 1. The molecule has 0 saturated heterocycles. The van der Waals surface area contributed by atoms with Gasteiger partial charge in [-0.3, -0.25) is 15.0 Å². The molecule has 1 aliphatic rings. The summed E-state index contributed by atoms with van der Waals surface area (Å²) in [5.41, 5.74) is 5.73. The zero-order chi connectivity index (χ0) is 13.7. The molecule has 0 bridgehead atoms. The van der Waals surface area contributed by atoms with Gasteiger partial charge in [0.2, 0.25) is 0 Å². The van der Waals surface area contributed by atoms with Gasteiger partial charge in [-0.05, 0) is 17.9 Å². The first kappa shape index (κ1) is 13.5. The summed E-state index contributed by atoms with van der Waals surface area (Å²) in [4.78, 5) is 26.1. The first-order chi connectivity index (χ1) is 9.20. The first-order valence-corrected chi connectivity index (χ1v) is 6.75. The molecule has 19 heavy (non-hydrogen) atoms. The van der Waals surface area contributed by atoms with Crippen molar-refractivity contribution < 1.29 is 9.59 Å². The van der Waals surface area contributed by atoms with Gasteiger partial charge in [0.05, 0.1) is 11.4 Å². The smallest absolute Gasteiger partial charge is 0.263 e. The number of thiophene rings is 1. The van der Waals surface area contributed by atoms with E-state index in [-0.39, 0.29) is 18.2 Å². The monoisotopic (exact) mass is 277 g/mol. The van der Waals surface area contributed by atoms with Crippen LogP contribution in [0.25, 0.3) is 0 Å². The molecule has 6 heteroatoms. The van der Waals surface area contributed by atoms with Crippen molar-refractivity contribution in [1.82, 2.24) is 15.8 Å². The van der Waals surface area contributed by atoms with E-state index in [0.29, 0.717) is 12.0 Å². The van der Waals surface area contributed by atoms with Gasteiger partial charge in [-0.2, -0.15) is 0 Å². The predicted octanol–water partition coefficient (Wildman–Crippen LogP) is 1.28. The van der Waals surface area contributed by atoms with Crippen LogP contribution in [-0.2, 0) is 4.79 Å². The summed E-state index contributed by atoms with van der Waals surface area (Å²) in [6.07, 6.45) is 5.96. The number of hydrogen-bond donors (Lipinski definition) is 2. The van der Waals surface area contributed by atoms with Gasteiger partial charge in [0.15, 0.2) is 5.78 Å². The molecule has 0 unspecified atom stereocenters. The predicted molar refractivity (Wildman–Crippen MR) is 74.4 cm³/mol. The maximum Gasteiger partial charge on any atom is 0.263 e. The molecule has 1 amide bonds. The summed E-state index contributed by atoms with van der Waals surface area (Å²) in [7, 11) is 1.63. The maximum atomic E-state index is 12.0. The summed E-state index contributed by atoms with van der Waals surface area (Å²) >= 11 is 1.42. The molecule has 0 aromatic carbocycles. The van der Waals surface area contributed by atoms with Crippen LogP contribution in [0.1, 0.15) is 16.1 Å². The lowest BCUT2D eigenvalue weighted by molar-refractivity contribution is -0.118. The summed E-state index contributed by atoms with van der Waals surface area (Å²) in [6.45, 7) is 0.243. The Balaban J connectivity index is 2.00. The Morgan fingerprint density at radius 1 is 1.47 bits per heavy atom. The van der Waals surface area contributed by atoms with E-state index in [0.717, 1.165) is 4.88 Å². The highest BCUT2D eigenvalue weighted by atomic mass is 32.1. The Morgan fingerprint density at radius 2 is 2.32 bits per heavy atom. The average Bonchev–Trinajstić information content (AvgIpc) is 2.93. The second-order valence-electron chi connectivity index (χ2n) is 4.02. The van der Waals surface area contributed by atoms with Crippen LogP contribution >= 0.6 is 11.3 Å². The van der Waals surface area contributed by atoms with Crippen LogP contribution < -0.4 is 10.9 Å². The van der Waals surface area contributed by atoms with Crippen LogP contribution in [0, 0.1) is 0 Å². The fraction of sp³-hybridized carbons (Fsp3) is 0.231. The van der Waals surface area contributed by atoms with Gasteiger partial charge in [-0.25, -0.2) is 5.43 Å². The van der Waals surface area contributed by atoms with Gasteiger partial charge in [-0.15, -0.1) is 11.3 Å². The Labute approximate surface area is 115 Å². The van der Waals surface area contributed by atoms with E-state index in [4.69, 9.17) is 0 Å². The van der Waals surface area contributed by atoms with Crippen molar-refractivity contribution in [2.75, 3.05) is 13.6 Å². The third-order valence-corrected chi connectivity index (χ3v) is 3.52. The molecule has 2 heterocycles. The summed E-state index contributed by atoms with van der Waals surface area (Å²) in [5, 5.41) is 1.88. The third kappa shape index (κ3) is 3.52. The van der Waals surface area contributed by atoms with Crippen molar-refractivity contribution in [3.05, 3.63) is 46.4 Å². The molecule has 1 aromatic rings. The Bertz CT molecular complexity index is 520. The molecule has 0 aliphatic carbocycles. The third-order valence-electron chi connectivity index (χ3n) is 2.61. The number of carbonyl (C=O) groups excluding carboxylic acids is 2. The number of nitrogens with zero attached hydrogens (tertiary/aromatic N) is 1. The van der Waals surface area contributed by atoms with E-state index in [9.17, 15) is 9.59 Å². The molecule has 1 aromatic heterocycles. The number of hydrogen-bond acceptors (Lipinski definition) is 5. The van der Waals surface area contributed by atoms with Crippen molar-refractivity contribution in [3.8, 4) is 0 Å². The number of allylic oxidation sites excluding steroid dienone is 1. The largest absolute Gasteiger partial charge is 0.346 e. The molecular weight excluding hydrogens is 262 g/mol. The molecule has 2 N–H and O–H groups in total. The van der Waals surface area contributed by atoms with Crippen LogP contribution in [-0.4, -0.2) is 30.2 Å². The lowest BCUT2D eigenvalue weighted by Gasteiger charge is -2.20. The van der Waals surface area contributed by atoms with E-state index < -0.39 is 0 Å². The van der Waals surface area contributed by atoms with Crippen molar-refractivity contribution in [3.63, 3.8) is 0 Å². The number of carbonyl (C=O) groups is 2. The van der Waals surface area contributed by atoms with Gasteiger partial charge in [0, 0.05) is 25.0 Å². The minimum Gasteiger partial charge on any atom is -0.346 e. The van der Waals surface area contributed by atoms with Crippen LogP contribution in [0.15, 0.2) is 41.6 Å². The number of rotatable bonds is 5. The molecule has 1 aliphatic heterocycles. The minimum atomic E-state index is -0.180. The molecule has 0 spiro atoms. The molecule has 5 nitrogen and oxygen atoms in total. The lowest BCUT2D eigenvalue weighted by atomic mass is 10.1. The normalized spacial score (nSPS) is 14.2. The van der Waals surface area contributed by atoms with Crippen molar-refractivity contribution in [2.45, 2.75) is 6.42 Å². The average molecular weight is 277 g/mol. The topological polar surface area (TPSA) is 61.4 Å². The fourth-order valence-corrected chi connectivity index (χ4v) is 2.39. The van der Waals surface area contributed by atoms with E-state index in [1.807, 2.05) is 23.7 Å². The van der Waals surface area contributed by atoms with Gasteiger partial charge in [-0.1, -0.05) is 12.1 Å². The van der Waals surface area contributed by atoms with E-state index in [2.05, 4.69) is 10.9 Å². The van der Waals surface area contributed by atoms with Gasteiger partial charge >= 0.3 is 0 Å². The molecule has 100 valence electrons. The van der Waals surface area contributed by atoms with Crippen LogP contribution in [0.3, 0.4) is 0 Å². The molecule has 0 atom stereocenters. The zero-order valence-electron chi connectivity index (χ0n) is 10.6. The van der Waals surface area contributed by atoms with E-state index in [1.54, 1.807) is 24.2 Å². The summed E-state index contributed by atoms with van der Waals surface area (Å²) in [5.74, 6) is -0.133. The number of hydrazine groups is 1. The molecular formula is C13H15N3O2S. The zero-order valence-corrected chi connectivity index (χ0v) is 11.4. The maximum absolute atomic E-state index is 12.0.